The molecule has 2 aromatic rings. The van der Waals surface area contributed by atoms with E-state index in [9.17, 15) is 4.79 Å². The summed E-state index contributed by atoms with van der Waals surface area (Å²) in [7, 11) is 0. The van der Waals surface area contributed by atoms with Gasteiger partial charge in [-0.2, -0.15) is 0 Å². The van der Waals surface area contributed by atoms with Crippen LogP contribution in [0.3, 0.4) is 0 Å². The number of benzene rings is 1. The predicted octanol–water partition coefficient (Wildman–Crippen LogP) is 2.31. The van der Waals surface area contributed by atoms with Crippen LogP contribution in [-0.2, 0) is 4.79 Å². The highest BCUT2D eigenvalue weighted by Gasteiger charge is 2.08. The summed E-state index contributed by atoms with van der Waals surface area (Å²) in [5.74, 6) is -0.180. The molecule has 1 aromatic carbocycles. The Morgan fingerprint density at radius 3 is 2.88 bits per heavy atom. The van der Waals surface area contributed by atoms with Crippen molar-refractivity contribution in [3.05, 3.63) is 23.2 Å². The minimum absolute atomic E-state index is 0. The number of thiazole rings is 1. The Morgan fingerprint density at radius 1 is 1.53 bits per heavy atom. The van der Waals surface area contributed by atoms with Crippen LogP contribution < -0.4 is 11.1 Å². The number of nitrogens with zero attached hydrogens (tertiary/aromatic N) is 1. The van der Waals surface area contributed by atoms with Crippen LogP contribution in [0.1, 0.15) is 11.9 Å². The zero-order valence-electron chi connectivity index (χ0n) is 9.56. The summed E-state index contributed by atoms with van der Waals surface area (Å²) in [5.41, 5.74) is 7.20. The van der Waals surface area contributed by atoms with E-state index in [1.165, 1.54) is 0 Å². The molecule has 0 saturated carbocycles. The molecule has 6 heteroatoms. The third-order valence-corrected chi connectivity index (χ3v) is 3.11. The molecule has 0 aliphatic rings. The number of carbonyl (C=O) groups is 1. The minimum Gasteiger partial charge on any atom is -0.325 e. The van der Waals surface area contributed by atoms with Gasteiger partial charge in [-0.25, -0.2) is 4.98 Å². The molecule has 0 saturated heterocycles. The van der Waals surface area contributed by atoms with Crippen molar-refractivity contribution in [1.29, 1.82) is 0 Å². The largest absolute Gasteiger partial charge is 0.325 e. The number of anilines is 1. The smallest absolute Gasteiger partial charge is 0.240 e. The highest BCUT2D eigenvalue weighted by Crippen LogP contribution is 2.24. The minimum atomic E-state index is -0.501. The molecule has 0 aliphatic carbocycles. The molecule has 0 spiro atoms. The molecule has 3 N–H and O–H groups in total. The SMILES string of the molecule is Cc1nc2ccc(NC(=O)[C@H](C)N)cc2s1.Cl. The number of halogens is 1. The molecule has 0 unspecified atom stereocenters. The van der Waals surface area contributed by atoms with Gasteiger partial charge in [0.2, 0.25) is 5.91 Å². The van der Waals surface area contributed by atoms with E-state index in [1.54, 1.807) is 18.3 Å². The Balaban J connectivity index is 0.00000144. The van der Waals surface area contributed by atoms with E-state index >= 15 is 0 Å². The average Bonchev–Trinajstić information content (AvgIpc) is 2.57. The number of fused-ring (bicyclic) bond motifs is 1. The zero-order chi connectivity index (χ0) is 11.7. The van der Waals surface area contributed by atoms with E-state index in [0.29, 0.717) is 0 Å². The molecule has 2 rings (SSSR count). The van der Waals surface area contributed by atoms with Crippen LogP contribution in [-0.4, -0.2) is 16.9 Å². The highest BCUT2D eigenvalue weighted by atomic mass is 35.5. The maximum atomic E-state index is 11.4. The third-order valence-electron chi connectivity index (χ3n) is 2.18. The van der Waals surface area contributed by atoms with Crippen molar-refractivity contribution in [2.75, 3.05) is 5.32 Å². The summed E-state index contributed by atoms with van der Waals surface area (Å²) >= 11 is 1.61. The van der Waals surface area contributed by atoms with E-state index in [0.717, 1.165) is 20.9 Å². The fraction of sp³-hybridized carbons (Fsp3) is 0.273. The van der Waals surface area contributed by atoms with Crippen LogP contribution in [0.2, 0.25) is 0 Å². The fourth-order valence-electron chi connectivity index (χ4n) is 1.37. The topological polar surface area (TPSA) is 68.0 Å². The lowest BCUT2D eigenvalue weighted by atomic mass is 10.2. The van der Waals surface area contributed by atoms with Crippen LogP contribution >= 0.6 is 23.7 Å². The number of nitrogens with two attached hydrogens (primary N) is 1. The monoisotopic (exact) mass is 271 g/mol. The molecule has 92 valence electrons. The first-order valence-electron chi connectivity index (χ1n) is 5.00. The molecule has 17 heavy (non-hydrogen) atoms. The Bertz CT molecular complexity index is 538. The van der Waals surface area contributed by atoms with Crippen LogP contribution in [0, 0.1) is 6.92 Å². The first-order valence-corrected chi connectivity index (χ1v) is 5.81. The van der Waals surface area contributed by atoms with Crippen LogP contribution in [0.15, 0.2) is 18.2 Å². The molecular formula is C11H14ClN3OS. The van der Waals surface area contributed by atoms with E-state index in [2.05, 4.69) is 10.3 Å². The number of aromatic nitrogens is 1. The number of carbonyl (C=O) groups excluding carboxylic acids is 1. The maximum Gasteiger partial charge on any atom is 0.240 e. The van der Waals surface area contributed by atoms with Crippen molar-refractivity contribution in [2.45, 2.75) is 19.9 Å². The van der Waals surface area contributed by atoms with Crippen LogP contribution in [0.25, 0.3) is 10.2 Å². The maximum absolute atomic E-state index is 11.4. The summed E-state index contributed by atoms with van der Waals surface area (Å²) in [6.45, 7) is 3.62. The molecule has 1 amide bonds. The summed E-state index contributed by atoms with van der Waals surface area (Å²) in [6, 6.07) is 5.15. The van der Waals surface area contributed by atoms with Crippen LogP contribution in [0.5, 0.6) is 0 Å². The Kier molecular flexibility index (Phi) is 4.45. The van der Waals surface area contributed by atoms with Gasteiger partial charge in [0.15, 0.2) is 0 Å². The van der Waals surface area contributed by atoms with Gasteiger partial charge in [-0.1, -0.05) is 0 Å². The number of rotatable bonds is 2. The third kappa shape index (κ3) is 3.15. The Hall–Kier alpha value is -1.17. The number of hydrogen-bond donors (Lipinski definition) is 2. The summed E-state index contributed by atoms with van der Waals surface area (Å²) < 4.78 is 1.07. The van der Waals surface area contributed by atoms with Crippen molar-refractivity contribution < 1.29 is 4.79 Å². The number of amides is 1. The number of nitrogens with one attached hydrogen (secondary N) is 1. The second kappa shape index (κ2) is 5.44. The van der Waals surface area contributed by atoms with E-state index in [-0.39, 0.29) is 18.3 Å². The lowest BCUT2D eigenvalue weighted by Gasteiger charge is -2.07. The zero-order valence-corrected chi connectivity index (χ0v) is 11.2. The average molecular weight is 272 g/mol. The van der Waals surface area contributed by atoms with Gasteiger partial charge in [0.05, 0.1) is 21.3 Å². The van der Waals surface area contributed by atoms with Gasteiger partial charge in [-0.3, -0.25) is 4.79 Å². The fourth-order valence-corrected chi connectivity index (χ4v) is 2.24. The Morgan fingerprint density at radius 2 is 2.24 bits per heavy atom. The molecular weight excluding hydrogens is 258 g/mol. The standard InChI is InChI=1S/C11H13N3OS.ClH/c1-6(12)11(15)14-8-3-4-9-10(5-8)16-7(2)13-9;/h3-6H,12H2,1-2H3,(H,14,15);1H/t6-;/m0./s1. The summed E-state index contributed by atoms with van der Waals surface area (Å²) in [5, 5.41) is 3.78. The van der Waals surface area contributed by atoms with Crippen molar-refractivity contribution in [3.8, 4) is 0 Å². The normalized spacial score (nSPS) is 11.9. The second-order valence-corrected chi connectivity index (χ2v) is 4.93. The lowest BCUT2D eigenvalue weighted by molar-refractivity contribution is -0.117. The van der Waals surface area contributed by atoms with Crippen LogP contribution in [0.4, 0.5) is 5.69 Å². The molecule has 4 nitrogen and oxygen atoms in total. The summed E-state index contributed by atoms with van der Waals surface area (Å²) in [6.07, 6.45) is 0. The van der Waals surface area contributed by atoms with Gasteiger partial charge in [-0.15, -0.1) is 23.7 Å². The molecule has 0 fully saturated rings. The lowest BCUT2D eigenvalue weighted by Crippen LogP contribution is -2.32. The van der Waals surface area contributed by atoms with Crippen molar-refractivity contribution in [2.24, 2.45) is 5.73 Å². The van der Waals surface area contributed by atoms with Gasteiger partial charge in [-0.05, 0) is 32.0 Å². The van der Waals surface area contributed by atoms with Gasteiger partial charge < -0.3 is 11.1 Å². The van der Waals surface area contributed by atoms with Crippen molar-refractivity contribution in [1.82, 2.24) is 4.98 Å². The van der Waals surface area contributed by atoms with Gasteiger partial charge >= 0.3 is 0 Å². The van der Waals surface area contributed by atoms with E-state index < -0.39 is 6.04 Å². The van der Waals surface area contributed by atoms with Crippen molar-refractivity contribution >= 4 is 45.6 Å². The molecule has 1 atom stereocenters. The van der Waals surface area contributed by atoms with Gasteiger partial charge in [0.25, 0.3) is 0 Å². The van der Waals surface area contributed by atoms with E-state index in [4.69, 9.17) is 5.73 Å². The molecule has 0 radical (unpaired) electrons. The highest BCUT2D eigenvalue weighted by molar-refractivity contribution is 7.18. The first kappa shape index (κ1) is 13.9. The Labute approximate surface area is 110 Å². The molecule has 0 bridgehead atoms. The van der Waals surface area contributed by atoms with Gasteiger partial charge in [0.1, 0.15) is 0 Å². The molecule has 1 aromatic heterocycles. The number of aryl methyl sites for hydroxylation is 1. The number of hydrogen-bond acceptors (Lipinski definition) is 4. The first-order chi connectivity index (χ1) is 7.56. The quantitative estimate of drug-likeness (QED) is 0.881. The summed E-state index contributed by atoms with van der Waals surface area (Å²) in [4.78, 5) is 15.8. The predicted molar refractivity (Wildman–Crippen MR) is 73.9 cm³/mol. The van der Waals surface area contributed by atoms with Gasteiger partial charge in [0, 0.05) is 5.69 Å². The molecule has 0 aliphatic heterocycles. The van der Waals surface area contributed by atoms with Crippen molar-refractivity contribution in [3.63, 3.8) is 0 Å². The second-order valence-electron chi connectivity index (χ2n) is 3.69. The van der Waals surface area contributed by atoms with E-state index in [1.807, 2.05) is 25.1 Å². The molecule has 1 heterocycles.